The normalized spacial score (nSPS) is 27.6. The van der Waals surface area contributed by atoms with E-state index >= 15 is 0 Å². The minimum Gasteiger partial charge on any atom is -0.481 e. The van der Waals surface area contributed by atoms with Crippen LogP contribution in [0.1, 0.15) is 32.6 Å². The van der Waals surface area contributed by atoms with Crippen molar-refractivity contribution in [3.8, 4) is 0 Å². The third-order valence-electron chi connectivity index (χ3n) is 4.65. The fourth-order valence-corrected chi connectivity index (χ4v) is 4.16. The molecule has 0 spiro atoms. The first-order chi connectivity index (χ1) is 9.57. The highest BCUT2D eigenvalue weighted by Gasteiger charge is 2.44. The monoisotopic (exact) mass is 300 g/mol. The summed E-state index contributed by atoms with van der Waals surface area (Å²) in [5.74, 6) is 2.17. The van der Waals surface area contributed by atoms with Gasteiger partial charge >= 0.3 is 12.0 Å². The molecule has 0 aromatic rings. The Hall–Kier alpha value is -0.910. The molecule has 2 amide bonds. The van der Waals surface area contributed by atoms with E-state index in [4.69, 9.17) is 0 Å². The second kappa shape index (κ2) is 6.70. The van der Waals surface area contributed by atoms with Crippen molar-refractivity contribution in [1.29, 1.82) is 0 Å². The molecule has 0 bridgehead atoms. The minimum absolute atomic E-state index is 0.0974. The highest BCUT2D eigenvalue weighted by molar-refractivity contribution is 7.99. The van der Waals surface area contributed by atoms with Crippen molar-refractivity contribution in [2.24, 2.45) is 11.3 Å². The maximum atomic E-state index is 12.1. The van der Waals surface area contributed by atoms with E-state index in [1.54, 1.807) is 4.90 Å². The number of carboxylic acid groups (broad SMARTS) is 1. The van der Waals surface area contributed by atoms with Crippen LogP contribution in [-0.4, -0.2) is 53.1 Å². The summed E-state index contributed by atoms with van der Waals surface area (Å²) in [6.07, 6.45) is 3.47. The Morgan fingerprint density at radius 3 is 2.65 bits per heavy atom. The maximum absolute atomic E-state index is 12.1. The summed E-state index contributed by atoms with van der Waals surface area (Å²) in [5, 5.41) is 12.3. The maximum Gasteiger partial charge on any atom is 0.317 e. The predicted octanol–water partition coefficient (Wildman–Crippen LogP) is 2.03. The zero-order valence-electron chi connectivity index (χ0n) is 12.1. The van der Waals surface area contributed by atoms with Gasteiger partial charge in [0.15, 0.2) is 0 Å². The summed E-state index contributed by atoms with van der Waals surface area (Å²) >= 11 is 1.98. The molecule has 2 saturated heterocycles. The van der Waals surface area contributed by atoms with Crippen LogP contribution in [-0.2, 0) is 4.79 Å². The molecule has 2 rings (SSSR count). The number of carbonyl (C=O) groups excluding carboxylic acids is 1. The summed E-state index contributed by atoms with van der Waals surface area (Å²) in [7, 11) is 0. The molecule has 6 heteroatoms. The van der Waals surface area contributed by atoms with Crippen LogP contribution in [0, 0.1) is 11.3 Å². The lowest BCUT2D eigenvalue weighted by Crippen LogP contribution is -2.43. The standard InChI is InChI=1S/C14H24N2O3S/c1-2-14(12(17)18)5-6-16(10-14)13(19)15-9-11-3-7-20-8-4-11/h11H,2-10H2,1H3,(H,15,19)(H,17,18). The zero-order chi connectivity index (χ0) is 14.6. The number of amides is 2. The van der Waals surface area contributed by atoms with Gasteiger partial charge in [0.1, 0.15) is 0 Å². The summed E-state index contributed by atoms with van der Waals surface area (Å²) in [6, 6.07) is -0.0974. The van der Waals surface area contributed by atoms with E-state index in [1.807, 2.05) is 18.7 Å². The van der Waals surface area contributed by atoms with E-state index in [2.05, 4.69) is 5.32 Å². The van der Waals surface area contributed by atoms with Crippen LogP contribution < -0.4 is 5.32 Å². The number of aliphatic carboxylic acids is 1. The van der Waals surface area contributed by atoms with Crippen molar-refractivity contribution < 1.29 is 14.7 Å². The van der Waals surface area contributed by atoms with Crippen molar-refractivity contribution in [2.45, 2.75) is 32.6 Å². The lowest BCUT2D eigenvalue weighted by atomic mass is 9.84. The molecule has 2 fully saturated rings. The number of nitrogens with one attached hydrogen (secondary N) is 1. The van der Waals surface area contributed by atoms with Crippen LogP contribution in [0.3, 0.4) is 0 Å². The molecule has 2 N–H and O–H groups in total. The van der Waals surface area contributed by atoms with Crippen molar-refractivity contribution in [3.05, 3.63) is 0 Å². The van der Waals surface area contributed by atoms with E-state index < -0.39 is 11.4 Å². The van der Waals surface area contributed by atoms with Gasteiger partial charge in [0.2, 0.25) is 0 Å². The Morgan fingerprint density at radius 1 is 1.40 bits per heavy atom. The summed E-state index contributed by atoms with van der Waals surface area (Å²) in [4.78, 5) is 25.2. The molecule has 0 aromatic carbocycles. The van der Waals surface area contributed by atoms with Crippen molar-refractivity contribution >= 4 is 23.8 Å². The Balaban J connectivity index is 1.80. The lowest BCUT2D eigenvalue weighted by molar-refractivity contribution is -0.148. The molecule has 2 aliphatic heterocycles. The van der Waals surface area contributed by atoms with Crippen molar-refractivity contribution in [2.75, 3.05) is 31.1 Å². The van der Waals surface area contributed by atoms with E-state index in [0.29, 0.717) is 31.8 Å². The second-order valence-electron chi connectivity index (χ2n) is 5.85. The molecule has 0 saturated carbocycles. The van der Waals surface area contributed by atoms with Gasteiger partial charge in [-0.3, -0.25) is 4.79 Å². The van der Waals surface area contributed by atoms with Crippen LogP contribution in [0.25, 0.3) is 0 Å². The number of rotatable bonds is 4. The van der Waals surface area contributed by atoms with Crippen LogP contribution in [0.2, 0.25) is 0 Å². The van der Waals surface area contributed by atoms with E-state index in [0.717, 1.165) is 6.54 Å². The smallest absolute Gasteiger partial charge is 0.317 e. The number of carbonyl (C=O) groups is 2. The summed E-state index contributed by atoms with van der Waals surface area (Å²) in [6.45, 7) is 3.50. The summed E-state index contributed by atoms with van der Waals surface area (Å²) in [5.41, 5.74) is -0.737. The highest BCUT2D eigenvalue weighted by Crippen LogP contribution is 2.34. The van der Waals surface area contributed by atoms with Gasteiger partial charge in [-0.25, -0.2) is 4.79 Å². The fraction of sp³-hybridized carbons (Fsp3) is 0.857. The minimum atomic E-state index is -0.778. The van der Waals surface area contributed by atoms with Gasteiger partial charge < -0.3 is 15.3 Å². The molecule has 0 radical (unpaired) electrons. The molecule has 2 heterocycles. The molecule has 1 unspecified atom stereocenters. The Kier molecular flexibility index (Phi) is 5.18. The highest BCUT2D eigenvalue weighted by atomic mass is 32.2. The van der Waals surface area contributed by atoms with Crippen LogP contribution >= 0.6 is 11.8 Å². The lowest BCUT2D eigenvalue weighted by Gasteiger charge is -2.25. The van der Waals surface area contributed by atoms with Gasteiger partial charge in [0.05, 0.1) is 5.41 Å². The van der Waals surface area contributed by atoms with Gasteiger partial charge in [-0.1, -0.05) is 6.92 Å². The van der Waals surface area contributed by atoms with Gasteiger partial charge in [-0.05, 0) is 43.1 Å². The molecule has 20 heavy (non-hydrogen) atoms. The van der Waals surface area contributed by atoms with Crippen LogP contribution in [0.5, 0.6) is 0 Å². The Labute approximate surface area is 124 Å². The molecular formula is C14H24N2O3S. The van der Waals surface area contributed by atoms with Gasteiger partial charge in [-0.15, -0.1) is 0 Å². The average molecular weight is 300 g/mol. The number of hydrogen-bond donors (Lipinski definition) is 2. The fourth-order valence-electron chi connectivity index (χ4n) is 2.95. The zero-order valence-corrected chi connectivity index (χ0v) is 12.9. The van der Waals surface area contributed by atoms with Gasteiger partial charge in [0.25, 0.3) is 0 Å². The van der Waals surface area contributed by atoms with Crippen molar-refractivity contribution in [3.63, 3.8) is 0 Å². The van der Waals surface area contributed by atoms with Gasteiger partial charge in [-0.2, -0.15) is 11.8 Å². The third kappa shape index (κ3) is 3.40. The molecular weight excluding hydrogens is 276 g/mol. The summed E-state index contributed by atoms with van der Waals surface area (Å²) < 4.78 is 0. The molecule has 114 valence electrons. The predicted molar refractivity (Wildman–Crippen MR) is 80.0 cm³/mol. The largest absolute Gasteiger partial charge is 0.481 e. The molecule has 2 aliphatic rings. The number of nitrogens with zero attached hydrogens (tertiary/aromatic N) is 1. The molecule has 5 nitrogen and oxygen atoms in total. The molecule has 1 atom stereocenters. The number of likely N-dealkylation sites (tertiary alicyclic amines) is 1. The second-order valence-corrected chi connectivity index (χ2v) is 7.08. The Morgan fingerprint density at radius 2 is 2.10 bits per heavy atom. The topological polar surface area (TPSA) is 69.6 Å². The van der Waals surface area contributed by atoms with E-state index in [1.165, 1.54) is 24.3 Å². The van der Waals surface area contributed by atoms with Gasteiger partial charge in [0, 0.05) is 19.6 Å². The number of urea groups is 1. The van der Waals surface area contributed by atoms with Crippen LogP contribution in [0.15, 0.2) is 0 Å². The number of thioether (sulfide) groups is 1. The number of carboxylic acids is 1. The number of hydrogen-bond acceptors (Lipinski definition) is 3. The van der Waals surface area contributed by atoms with Crippen LogP contribution in [0.4, 0.5) is 4.79 Å². The van der Waals surface area contributed by atoms with E-state index in [-0.39, 0.29) is 6.03 Å². The average Bonchev–Trinajstić information content (AvgIpc) is 2.92. The SMILES string of the molecule is CCC1(C(=O)O)CCN(C(=O)NCC2CCSCC2)C1. The third-order valence-corrected chi connectivity index (χ3v) is 5.70. The Bertz CT molecular complexity index is 371. The first-order valence-electron chi connectivity index (χ1n) is 7.41. The first kappa shape index (κ1) is 15.5. The van der Waals surface area contributed by atoms with E-state index in [9.17, 15) is 14.7 Å². The van der Waals surface area contributed by atoms with Crippen molar-refractivity contribution in [1.82, 2.24) is 10.2 Å². The first-order valence-corrected chi connectivity index (χ1v) is 8.57. The quantitative estimate of drug-likeness (QED) is 0.833. The molecule has 0 aromatic heterocycles. The molecule has 0 aliphatic carbocycles.